The van der Waals surface area contributed by atoms with Crippen LogP contribution in [0.5, 0.6) is 17.2 Å². The lowest BCUT2D eigenvalue weighted by molar-refractivity contribution is -0.135. The lowest BCUT2D eigenvalue weighted by Gasteiger charge is -2.35. The van der Waals surface area contributed by atoms with Gasteiger partial charge in [0, 0.05) is 19.7 Å². The fourth-order valence-corrected chi connectivity index (χ4v) is 3.03. The lowest BCUT2D eigenvalue weighted by Crippen LogP contribution is -2.50. The second kappa shape index (κ2) is 6.25. The van der Waals surface area contributed by atoms with Crippen molar-refractivity contribution >= 4 is 17.5 Å². The largest absolute Gasteiger partial charge is 0.476 e. The van der Waals surface area contributed by atoms with Gasteiger partial charge in [0.25, 0.3) is 11.8 Å². The van der Waals surface area contributed by atoms with Crippen LogP contribution in [0.3, 0.4) is 0 Å². The Morgan fingerprint density at radius 3 is 2.62 bits per heavy atom. The van der Waals surface area contributed by atoms with Gasteiger partial charge in [-0.05, 0) is 30.3 Å². The van der Waals surface area contributed by atoms with E-state index in [-0.39, 0.29) is 25.2 Å². The quantitative estimate of drug-likeness (QED) is 0.824. The fraction of sp³-hybridized carbons (Fsp3) is 0.263. The summed E-state index contributed by atoms with van der Waals surface area (Å²) in [6.07, 6.45) is -0.752. The monoisotopic (exact) mass is 354 g/mol. The van der Waals surface area contributed by atoms with Gasteiger partial charge in [-0.1, -0.05) is 12.1 Å². The molecule has 0 aliphatic carbocycles. The van der Waals surface area contributed by atoms with Crippen molar-refractivity contribution in [3.05, 3.63) is 48.0 Å². The van der Waals surface area contributed by atoms with Crippen molar-refractivity contribution in [2.75, 3.05) is 32.3 Å². The summed E-state index contributed by atoms with van der Waals surface area (Å²) in [5, 5.41) is 0. The molecule has 2 aromatic carbocycles. The summed E-state index contributed by atoms with van der Waals surface area (Å²) in [5.74, 6) is 1.24. The smallest absolute Gasteiger partial charge is 0.265 e. The first-order valence-corrected chi connectivity index (χ1v) is 8.23. The number of ether oxygens (including phenoxy) is 3. The van der Waals surface area contributed by atoms with Gasteiger partial charge in [0.05, 0.1) is 12.2 Å². The molecule has 2 aliphatic heterocycles. The number of fused-ring (bicyclic) bond motifs is 2. The molecule has 2 amide bonds. The van der Waals surface area contributed by atoms with Crippen LogP contribution in [0.25, 0.3) is 0 Å². The number of likely N-dealkylation sites (N-methyl/N-ethyl adjacent to an activating group) is 1. The van der Waals surface area contributed by atoms with E-state index >= 15 is 0 Å². The van der Waals surface area contributed by atoms with Crippen LogP contribution in [-0.4, -0.2) is 50.3 Å². The van der Waals surface area contributed by atoms with Gasteiger partial charge in [0.15, 0.2) is 17.6 Å². The van der Waals surface area contributed by atoms with Crippen LogP contribution in [0, 0.1) is 0 Å². The van der Waals surface area contributed by atoms with Crippen LogP contribution in [-0.2, 0) is 4.79 Å². The highest BCUT2D eigenvalue weighted by molar-refractivity contribution is 6.08. The Kier molecular flexibility index (Phi) is 3.91. The van der Waals surface area contributed by atoms with Gasteiger partial charge < -0.3 is 24.0 Å². The van der Waals surface area contributed by atoms with Gasteiger partial charge in [-0.2, -0.15) is 0 Å². The number of para-hydroxylation sites is 2. The van der Waals surface area contributed by atoms with Crippen LogP contribution in [0.15, 0.2) is 42.5 Å². The summed E-state index contributed by atoms with van der Waals surface area (Å²) >= 11 is 0. The van der Waals surface area contributed by atoms with Gasteiger partial charge in [0.2, 0.25) is 6.79 Å². The van der Waals surface area contributed by atoms with E-state index in [1.54, 1.807) is 49.3 Å². The maximum atomic E-state index is 13.1. The highest BCUT2D eigenvalue weighted by atomic mass is 16.7. The molecule has 2 aliphatic rings. The standard InChI is InChI=1S/C19H18N2O5/c1-20(2)19(23)17-10-21(13-5-3-4-6-14(13)26-17)18(22)12-7-8-15-16(9-12)25-11-24-15/h3-9,17H,10-11H2,1-2H3. The maximum Gasteiger partial charge on any atom is 0.265 e. The normalized spacial score (nSPS) is 17.3. The zero-order valence-corrected chi connectivity index (χ0v) is 14.5. The summed E-state index contributed by atoms with van der Waals surface area (Å²) in [4.78, 5) is 28.6. The van der Waals surface area contributed by atoms with E-state index in [9.17, 15) is 9.59 Å². The summed E-state index contributed by atoms with van der Waals surface area (Å²) in [6, 6.07) is 12.3. The lowest BCUT2D eigenvalue weighted by atomic mass is 10.1. The Labute approximate surface area is 150 Å². The molecule has 0 saturated carbocycles. The molecule has 0 aromatic heterocycles. The van der Waals surface area contributed by atoms with E-state index in [0.29, 0.717) is 28.5 Å². The van der Waals surface area contributed by atoms with Crippen molar-refractivity contribution in [1.82, 2.24) is 4.90 Å². The van der Waals surface area contributed by atoms with E-state index in [1.807, 2.05) is 12.1 Å². The molecular formula is C19H18N2O5. The molecule has 0 spiro atoms. The van der Waals surface area contributed by atoms with Crippen molar-refractivity contribution in [3.8, 4) is 17.2 Å². The number of hydrogen-bond acceptors (Lipinski definition) is 5. The molecule has 7 nitrogen and oxygen atoms in total. The molecule has 134 valence electrons. The Balaban J connectivity index is 1.69. The predicted molar refractivity (Wildman–Crippen MR) is 93.8 cm³/mol. The van der Waals surface area contributed by atoms with Gasteiger partial charge in [0.1, 0.15) is 5.75 Å². The molecule has 7 heteroatoms. The van der Waals surface area contributed by atoms with Gasteiger partial charge >= 0.3 is 0 Å². The van der Waals surface area contributed by atoms with Crippen LogP contribution >= 0.6 is 0 Å². The fourth-order valence-electron chi connectivity index (χ4n) is 3.03. The molecule has 2 heterocycles. The minimum absolute atomic E-state index is 0.140. The van der Waals surface area contributed by atoms with Crippen molar-refractivity contribution in [1.29, 1.82) is 0 Å². The maximum absolute atomic E-state index is 13.1. The molecule has 0 bridgehead atoms. The van der Waals surface area contributed by atoms with Crippen molar-refractivity contribution in [2.24, 2.45) is 0 Å². The molecule has 0 N–H and O–H groups in total. The number of rotatable bonds is 2. The predicted octanol–water partition coefficient (Wildman–Crippen LogP) is 1.91. The minimum atomic E-state index is -0.752. The Hall–Kier alpha value is -3.22. The number of carbonyl (C=O) groups excluding carboxylic acids is 2. The molecule has 1 unspecified atom stereocenters. The van der Waals surface area contributed by atoms with Gasteiger partial charge in [-0.25, -0.2) is 0 Å². The third-order valence-corrected chi connectivity index (χ3v) is 4.35. The van der Waals surface area contributed by atoms with Crippen molar-refractivity contribution in [2.45, 2.75) is 6.10 Å². The average Bonchev–Trinajstić information content (AvgIpc) is 3.13. The summed E-state index contributed by atoms with van der Waals surface area (Å²) in [5.41, 5.74) is 1.10. The molecule has 4 rings (SSSR count). The van der Waals surface area contributed by atoms with Crippen LogP contribution in [0.2, 0.25) is 0 Å². The SMILES string of the molecule is CN(C)C(=O)C1CN(C(=O)c2ccc3c(c2)OCO3)c2ccccc2O1. The number of hydrogen-bond donors (Lipinski definition) is 0. The Morgan fingerprint density at radius 1 is 1.04 bits per heavy atom. The average molecular weight is 354 g/mol. The first-order valence-electron chi connectivity index (χ1n) is 8.23. The topological polar surface area (TPSA) is 68.3 Å². The Bertz CT molecular complexity index is 880. The number of benzene rings is 2. The van der Waals surface area contributed by atoms with Crippen LogP contribution in [0.4, 0.5) is 5.69 Å². The Morgan fingerprint density at radius 2 is 1.81 bits per heavy atom. The highest BCUT2D eigenvalue weighted by Gasteiger charge is 2.35. The van der Waals surface area contributed by atoms with E-state index in [1.165, 1.54) is 4.90 Å². The summed E-state index contributed by atoms with van der Waals surface area (Å²) in [6.45, 7) is 0.286. The van der Waals surface area contributed by atoms with E-state index in [4.69, 9.17) is 14.2 Å². The number of carbonyl (C=O) groups is 2. The first-order chi connectivity index (χ1) is 12.5. The van der Waals surface area contributed by atoms with E-state index < -0.39 is 6.10 Å². The highest BCUT2D eigenvalue weighted by Crippen LogP contribution is 2.36. The van der Waals surface area contributed by atoms with Crippen LogP contribution in [0.1, 0.15) is 10.4 Å². The second-order valence-electron chi connectivity index (χ2n) is 6.29. The second-order valence-corrected chi connectivity index (χ2v) is 6.29. The zero-order valence-electron chi connectivity index (χ0n) is 14.5. The molecule has 0 fully saturated rings. The van der Waals surface area contributed by atoms with Crippen molar-refractivity contribution in [3.63, 3.8) is 0 Å². The first kappa shape index (κ1) is 16.3. The van der Waals surface area contributed by atoms with Gasteiger partial charge in [-0.15, -0.1) is 0 Å². The molecule has 26 heavy (non-hydrogen) atoms. The molecule has 0 saturated heterocycles. The molecule has 0 radical (unpaired) electrons. The number of nitrogens with zero attached hydrogens (tertiary/aromatic N) is 2. The van der Waals surface area contributed by atoms with E-state index in [2.05, 4.69) is 0 Å². The zero-order chi connectivity index (χ0) is 18.3. The van der Waals surface area contributed by atoms with E-state index in [0.717, 1.165) is 0 Å². The van der Waals surface area contributed by atoms with Crippen molar-refractivity contribution < 1.29 is 23.8 Å². The summed E-state index contributed by atoms with van der Waals surface area (Å²) in [7, 11) is 3.33. The number of amides is 2. The molecule has 1 atom stereocenters. The summed E-state index contributed by atoms with van der Waals surface area (Å²) < 4.78 is 16.5. The minimum Gasteiger partial charge on any atom is -0.476 e. The molecule has 2 aromatic rings. The number of anilines is 1. The molecular weight excluding hydrogens is 336 g/mol. The van der Waals surface area contributed by atoms with Crippen LogP contribution < -0.4 is 19.1 Å². The third kappa shape index (κ3) is 2.71. The third-order valence-electron chi connectivity index (χ3n) is 4.35. The van der Waals surface area contributed by atoms with Gasteiger partial charge in [-0.3, -0.25) is 9.59 Å².